The van der Waals surface area contributed by atoms with Crippen molar-refractivity contribution < 1.29 is 13.2 Å². The smallest absolute Gasteiger partial charge is 0.264 e. The summed E-state index contributed by atoms with van der Waals surface area (Å²) in [5.74, 6) is 0. The number of aromatic nitrogens is 3. The largest absolute Gasteiger partial charge is 0.379 e. The quantitative estimate of drug-likeness (QED) is 0.438. The van der Waals surface area contributed by atoms with Crippen LogP contribution in [0.1, 0.15) is 31.2 Å². The van der Waals surface area contributed by atoms with Crippen LogP contribution in [-0.2, 0) is 21.3 Å². The Bertz CT molecular complexity index is 1210. The van der Waals surface area contributed by atoms with Gasteiger partial charge in [-0.3, -0.25) is 9.21 Å². The first-order valence-corrected chi connectivity index (χ1v) is 13.3. The molecule has 0 atom stereocenters. The number of sulfonamides is 1. The van der Waals surface area contributed by atoms with Gasteiger partial charge in [-0.2, -0.15) is 0 Å². The molecule has 0 spiro atoms. The normalized spacial score (nSPS) is 14.9. The summed E-state index contributed by atoms with van der Waals surface area (Å²) in [6.45, 7) is 8.08. The highest BCUT2D eigenvalue weighted by molar-refractivity contribution is 7.92. The third-order valence-corrected chi connectivity index (χ3v) is 8.01. The van der Waals surface area contributed by atoms with Crippen molar-refractivity contribution in [2.24, 2.45) is 0 Å². The molecule has 1 aliphatic rings. The van der Waals surface area contributed by atoms with Gasteiger partial charge in [-0.15, -0.1) is 5.10 Å². The molecule has 2 heterocycles. The maximum Gasteiger partial charge on any atom is 0.264 e. The molecule has 0 bridgehead atoms. The number of halogens is 1. The van der Waals surface area contributed by atoms with Gasteiger partial charge in [-0.05, 0) is 43.7 Å². The lowest BCUT2D eigenvalue weighted by Gasteiger charge is -2.27. The first-order chi connectivity index (χ1) is 16.4. The average molecular weight is 504 g/mol. The first-order valence-electron chi connectivity index (χ1n) is 11.5. The van der Waals surface area contributed by atoms with Crippen LogP contribution in [0.3, 0.4) is 0 Å². The highest BCUT2D eigenvalue weighted by Crippen LogP contribution is 2.33. The molecule has 0 radical (unpaired) electrons. The van der Waals surface area contributed by atoms with Crippen LogP contribution in [0.4, 0.5) is 5.69 Å². The molecular weight excluding hydrogens is 474 g/mol. The maximum absolute atomic E-state index is 13.7. The number of nitrogens with zero attached hydrogens (tertiary/aromatic N) is 5. The predicted molar refractivity (Wildman–Crippen MR) is 133 cm³/mol. The Kier molecular flexibility index (Phi) is 7.88. The monoisotopic (exact) mass is 503 g/mol. The number of ether oxygens (including phenoxy) is 1. The van der Waals surface area contributed by atoms with Gasteiger partial charge in [0.1, 0.15) is 5.69 Å². The summed E-state index contributed by atoms with van der Waals surface area (Å²) in [6.07, 6.45) is 1.57. The lowest BCUT2D eigenvalue weighted by atomic mass is 10.2. The van der Waals surface area contributed by atoms with Gasteiger partial charge in [-0.25, -0.2) is 13.1 Å². The van der Waals surface area contributed by atoms with E-state index in [0.29, 0.717) is 49.1 Å². The lowest BCUT2D eigenvalue weighted by molar-refractivity contribution is 0.0335. The Morgan fingerprint density at radius 1 is 1.12 bits per heavy atom. The Morgan fingerprint density at radius 3 is 2.56 bits per heavy atom. The van der Waals surface area contributed by atoms with Crippen LogP contribution in [0.15, 0.2) is 53.4 Å². The van der Waals surface area contributed by atoms with Crippen molar-refractivity contribution >= 4 is 27.3 Å². The second kappa shape index (κ2) is 10.9. The summed E-state index contributed by atoms with van der Waals surface area (Å²) in [4.78, 5) is 2.52. The van der Waals surface area contributed by atoms with E-state index in [1.807, 2.05) is 13.8 Å². The minimum Gasteiger partial charge on any atom is -0.379 e. The molecule has 182 valence electrons. The molecule has 10 heteroatoms. The SMILES string of the molecule is CCCCN(c1ccc(Cl)cc1-n1nnc(CN2CCOCC2)c1C)S(=O)(=O)c1ccccc1. The highest BCUT2D eigenvalue weighted by Gasteiger charge is 2.28. The zero-order valence-corrected chi connectivity index (χ0v) is 21.1. The van der Waals surface area contributed by atoms with Crippen LogP contribution in [-0.4, -0.2) is 61.2 Å². The fourth-order valence-corrected chi connectivity index (χ4v) is 5.68. The minimum absolute atomic E-state index is 0.246. The molecule has 0 N–H and O–H groups in total. The Hall–Kier alpha value is -2.46. The second-order valence-electron chi connectivity index (χ2n) is 8.30. The zero-order valence-electron chi connectivity index (χ0n) is 19.5. The first kappa shape index (κ1) is 24.7. The fourth-order valence-electron chi connectivity index (χ4n) is 3.98. The van der Waals surface area contributed by atoms with Crippen molar-refractivity contribution in [2.75, 3.05) is 37.2 Å². The van der Waals surface area contributed by atoms with Gasteiger partial charge in [0, 0.05) is 31.2 Å². The molecule has 0 aliphatic carbocycles. The molecule has 0 amide bonds. The summed E-state index contributed by atoms with van der Waals surface area (Å²) in [5.41, 5.74) is 2.80. The second-order valence-corrected chi connectivity index (χ2v) is 10.6. The summed E-state index contributed by atoms with van der Waals surface area (Å²) >= 11 is 6.37. The van der Waals surface area contributed by atoms with E-state index in [2.05, 4.69) is 15.2 Å². The zero-order chi connectivity index (χ0) is 24.1. The van der Waals surface area contributed by atoms with E-state index in [9.17, 15) is 8.42 Å². The molecule has 2 aromatic carbocycles. The summed E-state index contributed by atoms with van der Waals surface area (Å²) in [6, 6.07) is 13.7. The van der Waals surface area contributed by atoms with Gasteiger partial charge in [0.15, 0.2) is 0 Å². The van der Waals surface area contributed by atoms with Gasteiger partial charge < -0.3 is 4.74 Å². The minimum atomic E-state index is -3.79. The molecule has 1 aromatic heterocycles. The Morgan fingerprint density at radius 2 is 1.85 bits per heavy atom. The van der Waals surface area contributed by atoms with E-state index >= 15 is 0 Å². The number of hydrogen-bond donors (Lipinski definition) is 0. The number of hydrogen-bond acceptors (Lipinski definition) is 6. The summed E-state index contributed by atoms with van der Waals surface area (Å²) < 4.78 is 36.0. The molecule has 0 saturated carbocycles. The fraction of sp³-hybridized carbons (Fsp3) is 0.417. The van der Waals surface area contributed by atoms with E-state index in [4.69, 9.17) is 16.3 Å². The van der Waals surface area contributed by atoms with Crippen molar-refractivity contribution in [3.63, 3.8) is 0 Å². The van der Waals surface area contributed by atoms with Crippen molar-refractivity contribution in [3.8, 4) is 5.69 Å². The third kappa shape index (κ3) is 5.27. The number of morpholine rings is 1. The molecule has 1 saturated heterocycles. The molecule has 34 heavy (non-hydrogen) atoms. The standard InChI is InChI=1S/C24H30ClN5O3S/c1-3-4-12-29(34(31,32)21-8-6-5-7-9-21)23-11-10-20(25)17-24(23)30-19(2)22(26-27-30)18-28-13-15-33-16-14-28/h5-11,17H,3-4,12-16,18H2,1-2H3. The van der Waals surface area contributed by atoms with Crippen LogP contribution in [0.2, 0.25) is 5.02 Å². The van der Waals surface area contributed by atoms with E-state index in [1.54, 1.807) is 53.2 Å². The average Bonchev–Trinajstić information content (AvgIpc) is 3.21. The number of benzene rings is 2. The van der Waals surface area contributed by atoms with E-state index in [1.165, 1.54) is 4.31 Å². The van der Waals surface area contributed by atoms with Crippen LogP contribution in [0.25, 0.3) is 5.69 Å². The lowest BCUT2D eigenvalue weighted by Crippen LogP contribution is -2.36. The Labute approximate surface area is 206 Å². The molecule has 4 rings (SSSR count). The van der Waals surface area contributed by atoms with Gasteiger partial charge in [0.2, 0.25) is 0 Å². The van der Waals surface area contributed by atoms with Crippen molar-refractivity contribution in [1.29, 1.82) is 0 Å². The van der Waals surface area contributed by atoms with Gasteiger partial charge >= 0.3 is 0 Å². The van der Waals surface area contributed by atoms with Gasteiger partial charge in [-0.1, -0.05) is 48.4 Å². The van der Waals surface area contributed by atoms with E-state index in [0.717, 1.165) is 30.9 Å². The van der Waals surface area contributed by atoms with Crippen molar-refractivity contribution in [1.82, 2.24) is 19.9 Å². The predicted octanol–water partition coefficient (Wildman–Crippen LogP) is 4.06. The van der Waals surface area contributed by atoms with Crippen LogP contribution in [0.5, 0.6) is 0 Å². The van der Waals surface area contributed by atoms with Crippen LogP contribution < -0.4 is 4.31 Å². The molecule has 8 nitrogen and oxygen atoms in total. The van der Waals surface area contributed by atoms with Gasteiger partial charge in [0.25, 0.3) is 10.0 Å². The van der Waals surface area contributed by atoms with E-state index in [-0.39, 0.29) is 4.90 Å². The van der Waals surface area contributed by atoms with Crippen molar-refractivity contribution in [3.05, 3.63) is 64.9 Å². The third-order valence-electron chi connectivity index (χ3n) is 5.95. The number of unbranched alkanes of at least 4 members (excludes halogenated alkanes) is 1. The van der Waals surface area contributed by atoms with Gasteiger partial charge in [0.05, 0.1) is 35.2 Å². The Balaban J connectivity index is 1.76. The number of anilines is 1. The van der Waals surface area contributed by atoms with Crippen LogP contribution >= 0.6 is 11.6 Å². The molecular formula is C24H30ClN5O3S. The van der Waals surface area contributed by atoms with Crippen LogP contribution in [0, 0.1) is 6.92 Å². The molecule has 1 aliphatic heterocycles. The van der Waals surface area contributed by atoms with E-state index < -0.39 is 10.0 Å². The van der Waals surface area contributed by atoms with Crippen molar-refractivity contribution in [2.45, 2.75) is 38.1 Å². The highest BCUT2D eigenvalue weighted by atomic mass is 35.5. The topological polar surface area (TPSA) is 80.6 Å². The summed E-state index contributed by atoms with van der Waals surface area (Å²) in [5, 5.41) is 9.31. The molecule has 1 fully saturated rings. The molecule has 0 unspecified atom stereocenters. The summed E-state index contributed by atoms with van der Waals surface area (Å²) in [7, 11) is -3.79. The maximum atomic E-state index is 13.7. The number of rotatable bonds is 9. The molecule has 3 aromatic rings.